The maximum absolute atomic E-state index is 12.1. The minimum atomic E-state index is -0.194. The molecule has 2 aromatic carbocycles. The molecule has 0 aliphatic carbocycles. The summed E-state index contributed by atoms with van der Waals surface area (Å²) in [6.07, 6.45) is 3.18. The number of carbonyl (C=O) groups is 1. The average Bonchev–Trinajstić information content (AvgIpc) is 2.65. The molecule has 1 aliphatic heterocycles. The molecule has 2 aromatic rings. The molecule has 1 N–H and O–H groups in total. The molecule has 7 heteroatoms. The minimum absolute atomic E-state index is 0. The molecule has 1 aliphatic rings. The Kier molecular flexibility index (Phi) is 8.35. The molecule has 28 heavy (non-hydrogen) atoms. The van der Waals surface area contributed by atoms with Gasteiger partial charge in [0.2, 0.25) is 5.91 Å². The Labute approximate surface area is 182 Å². The monoisotopic (exact) mass is 440 g/mol. The van der Waals surface area contributed by atoms with E-state index < -0.39 is 0 Å². The van der Waals surface area contributed by atoms with Gasteiger partial charge >= 0.3 is 0 Å². The number of likely N-dealkylation sites (N-methyl/N-ethyl adjacent to an activating group) is 1. The van der Waals surface area contributed by atoms with Crippen molar-refractivity contribution in [2.45, 2.75) is 6.54 Å². The Morgan fingerprint density at radius 1 is 1.11 bits per heavy atom. The zero-order valence-electron chi connectivity index (χ0n) is 15.6. The summed E-state index contributed by atoms with van der Waals surface area (Å²) in [5.41, 5.74) is 2.84. The van der Waals surface area contributed by atoms with Crippen LogP contribution in [0.25, 0.3) is 6.08 Å². The van der Waals surface area contributed by atoms with Crippen LogP contribution in [0.1, 0.15) is 11.1 Å². The molecule has 0 radical (unpaired) electrons. The third kappa shape index (κ3) is 6.50. The van der Waals surface area contributed by atoms with Gasteiger partial charge in [0.05, 0.1) is 30.3 Å². The number of nitrogens with one attached hydrogen (secondary N) is 1. The third-order valence-electron chi connectivity index (χ3n) is 4.71. The first kappa shape index (κ1) is 22.7. The Morgan fingerprint density at radius 2 is 1.79 bits per heavy atom. The van der Waals surface area contributed by atoms with Crippen LogP contribution in [0, 0.1) is 0 Å². The second-order valence-electron chi connectivity index (χ2n) is 7.03. The lowest BCUT2D eigenvalue weighted by molar-refractivity contribution is -0.929. The lowest BCUT2D eigenvalue weighted by atomic mass is 10.1. The highest BCUT2D eigenvalue weighted by molar-refractivity contribution is 6.42. The quantitative estimate of drug-likeness (QED) is 0.566. The largest absolute Gasteiger partial charge is 1.00 e. The van der Waals surface area contributed by atoms with Gasteiger partial charge in [0.1, 0.15) is 19.6 Å². The van der Waals surface area contributed by atoms with Crippen LogP contribution in [-0.2, 0) is 16.1 Å². The van der Waals surface area contributed by atoms with E-state index in [4.69, 9.17) is 27.9 Å². The van der Waals surface area contributed by atoms with Gasteiger partial charge in [0, 0.05) is 17.3 Å². The summed E-state index contributed by atoms with van der Waals surface area (Å²) in [5, 5.41) is 3.83. The second-order valence-corrected chi connectivity index (χ2v) is 7.84. The van der Waals surface area contributed by atoms with E-state index >= 15 is 0 Å². The van der Waals surface area contributed by atoms with Crippen LogP contribution >= 0.6 is 23.2 Å². The summed E-state index contributed by atoms with van der Waals surface area (Å²) < 4.78 is 6.43. The molecule has 1 amide bonds. The number of rotatable bonds is 5. The first-order valence-corrected chi connectivity index (χ1v) is 9.63. The molecule has 0 atom stereocenters. The van der Waals surface area contributed by atoms with Gasteiger partial charge in [-0.3, -0.25) is 4.79 Å². The van der Waals surface area contributed by atoms with Gasteiger partial charge < -0.3 is 26.9 Å². The summed E-state index contributed by atoms with van der Waals surface area (Å²) in [6.45, 7) is 4.65. The molecule has 0 unspecified atom stereocenters. The van der Waals surface area contributed by atoms with E-state index in [-0.39, 0.29) is 18.3 Å². The van der Waals surface area contributed by atoms with Crippen molar-refractivity contribution in [3.05, 3.63) is 69.7 Å². The highest BCUT2D eigenvalue weighted by atomic mass is 35.5. The van der Waals surface area contributed by atoms with Crippen LogP contribution in [-0.4, -0.2) is 43.7 Å². The molecule has 0 aromatic heterocycles. The first-order chi connectivity index (χ1) is 12.9. The van der Waals surface area contributed by atoms with Gasteiger partial charge in [0.25, 0.3) is 0 Å². The lowest BCUT2D eigenvalue weighted by Gasteiger charge is -2.37. The van der Waals surface area contributed by atoms with Crippen molar-refractivity contribution in [1.29, 1.82) is 0 Å². The van der Waals surface area contributed by atoms with Crippen molar-refractivity contribution < 1.29 is 26.4 Å². The number of morpholine rings is 1. The molecular formula is C21H23Cl3N2O2. The highest BCUT2D eigenvalue weighted by Gasteiger charge is 2.25. The van der Waals surface area contributed by atoms with Crippen LogP contribution in [0.3, 0.4) is 0 Å². The normalized spacial score (nSPS) is 15.8. The SMILES string of the molecule is C[N+]1(Cc2ccc(NC(=O)/C=C/c3ccc(Cl)c(Cl)c3)cc2)CCOCC1.[Cl-]. The topological polar surface area (TPSA) is 38.3 Å². The Hall–Kier alpha value is -1.56. The van der Waals surface area contributed by atoms with Crippen LogP contribution in [0.5, 0.6) is 0 Å². The highest BCUT2D eigenvalue weighted by Crippen LogP contribution is 2.23. The van der Waals surface area contributed by atoms with Crippen molar-refractivity contribution in [2.75, 3.05) is 38.7 Å². The molecule has 0 bridgehead atoms. The molecule has 1 heterocycles. The van der Waals surface area contributed by atoms with E-state index in [0.29, 0.717) is 10.0 Å². The minimum Gasteiger partial charge on any atom is -1.00 e. The van der Waals surface area contributed by atoms with Gasteiger partial charge in [-0.15, -0.1) is 0 Å². The van der Waals surface area contributed by atoms with Crippen molar-refractivity contribution >= 4 is 40.9 Å². The molecule has 1 fully saturated rings. The number of anilines is 1. The fourth-order valence-corrected chi connectivity index (χ4v) is 3.35. The van der Waals surface area contributed by atoms with Crippen LogP contribution in [0.4, 0.5) is 5.69 Å². The van der Waals surface area contributed by atoms with Crippen LogP contribution < -0.4 is 17.7 Å². The van der Waals surface area contributed by atoms with Gasteiger partial charge in [-0.05, 0) is 35.9 Å². The van der Waals surface area contributed by atoms with Gasteiger partial charge in [-0.1, -0.05) is 41.4 Å². The van der Waals surface area contributed by atoms with E-state index in [9.17, 15) is 4.79 Å². The van der Waals surface area contributed by atoms with Crippen molar-refractivity contribution in [2.24, 2.45) is 0 Å². The number of ether oxygens (including phenoxy) is 1. The van der Waals surface area contributed by atoms with Gasteiger partial charge in [0.15, 0.2) is 0 Å². The fourth-order valence-electron chi connectivity index (χ4n) is 3.05. The predicted octanol–water partition coefficient (Wildman–Crippen LogP) is 1.63. The summed E-state index contributed by atoms with van der Waals surface area (Å²) >= 11 is 11.9. The Morgan fingerprint density at radius 3 is 2.43 bits per heavy atom. The summed E-state index contributed by atoms with van der Waals surface area (Å²) in [4.78, 5) is 12.1. The van der Waals surface area contributed by atoms with Gasteiger partial charge in [-0.2, -0.15) is 0 Å². The van der Waals surface area contributed by atoms with E-state index in [2.05, 4.69) is 24.5 Å². The number of benzene rings is 2. The standard InChI is InChI=1S/C21H22Cl2N2O2.ClH/c1-25(10-12-27-13-11-25)15-17-2-6-18(7-3-17)24-21(26)9-5-16-4-8-19(22)20(23)14-16;/h2-9,14H,10-13,15H2,1H3;1H/b9-5+;. The number of carbonyl (C=O) groups excluding carboxylic acids is 1. The Bertz CT molecular complexity index is 832. The molecule has 0 spiro atoms. The van der Waals surface area contributed by atoms with E-state index in [1.165, 1.54) is 11.6 Å². The molecule has 0 saturated carbocycles. The molecular weight excluding hydrogens is 419 g/mol. The number of hydrogen-bond acceptors (Lipinski definition) is 2. The van der Waals surface area contributed by atoms with E-state index in [1.807, 2.05) is 18.2 Å². The number of quaternary nitrogens is 1. The maximum Gasteiger partial charge on any atom is 0.248 e. The van der Waals surface area contributed by atoms with E-state index in [1.54, 1.807) is 18.2 Å². The number of amides is 1. The fraction of sp³-hybridized carbons (Fsp3) is 0.286. The lowest BCUT2D eigenvalue weighted by Crippen LogP contribution is -3.00. The molecule has 150 valence electrons. The molecule has 3 rings (SSSR count). The van der Waals surface area contributed by atoms with Gasteiger partial charge in [-0.25, -0.2) is 0 Å². The second kappa shape index (κ2) is 10.3. The first-order valence-electron chi connectivity index (χ1n) is 8.88. The zero-order chi connectivity index (χ0) is 19.3. The third-order valence-corrected chi connectivity index (χ3v) is 5.45. The van der Waals surface area contributed by atoms with E-state index in [0.717, 1.165) is 48.6 Å². The average molecular weight is 442 g/mol. The van der Waals surface area contributed by atoms with Crippen LogP contribution in [0.2, 0.25) is 10.0 Å². The van der Waals surface area contributed by atoms with Crippen molar-refractivity contribution in [3.63, 3.8) is 0 Å². The number of hydrogen-bond donors (Lipinski definition) is 1. The van der Waals surface area contributed by atoms with Crippen molar-refractivity contribution in [3.8, 4) is 0 Å². The zero-order valence-corrected chi connectivity index (χ0v) is 17.9. The van der Waals surface area contributed by atoms with Crippen molar-refractivity contribution in [1.82, 2.24) is 0 Å². The smallest absolute Gasteiger partial charge is 0.248 e. The number of halogens is 3. The molecule has 4 nitrogen and oxygen atoms in total. The summed E-state index contributed by atoms with van der Waals surface area (Å²) in [7, 11) is 2.26. The predicted molar refractivity (Wildman–Crippen MR) is 111 cm³/mol. The maximum atomic E-state index is 12.1. The van der Waals surface area contributed by atoms with Crippen LogP contribution in [0.15, 0.2) is 48.5 Å². The summed E-state index contributed by atoms with van der Waals surface area (Å²) in [5.74, 6) is -0.194. The summed E-state index contributed by atoms with van der Waals surface area (Å²) in [6, 6.07) is 13.2. The Balaban J connectivity index is 0.00000280. The molecule has 1 saturated heterocycles. The number of nitrogens with zero attached hydrogens (tertiary/aromatic N) is 1.